The Balaban J connectivity index is 1.02. The molecule has 9 nitrogen and oxygen atoms in total. The summed E-state index contributed by atoms with van der Waals surface area (Å²) in [4.78, 5) is 53.7. The van der Waals surface area contributed by atoms with Crippen LogP contribution in [0, 0.1) is 17.8 Å². The van der Waals surface area contributed by atoms with Crippen molar-refractivity contribution in [3.63, 3.8) is 0 Å². The van der Waals surface area contributed by atoms with Crippen LogP contribution in [0.2, 0.25) is 0 Å². The van der Waals surface area contributed by atoms with E-state index in [0.717, 1.165) is 75.2 Å². The Morgan fingerprint density at radius 2 is 1.58 bits per heavy atom. The third kappa shape index (κ3) is 4.46. The Bertz CT molecular complexity index is 988. The summed E-state index contributed by atoms with van der Waals surface area (Å²) in [6.07, 6.45) is 13.6. The third-order valence-corrected chi connectivity index (χ3v) is 9.08. The molecular formula is C27H36N4O5. The fraction of sp³-hybridized carbons (Fsp3) is 0.704. The summed E-state index contributed by atoms with van der Waals surface area (Å²) in [5.41, 5.74) is 1.14. The van der Waals surface area contributed by atoms with Gasteiger partial charge >= 0.3 is 0 Å². The van der Waals surface area contributed by atoms with Crippen LogP contribution in [0.1, 0.15) is 51.4 Å². The quantitative estimate of drug-likeness (QED) is 0.545. The molecule has 2 N–H and O–H groups in total. The summed E-state index contributed by atoms with van der Waals surface area (Å²) in [6, 6.07) is -0.263. The minimum atomic E-state index is -0.883. The molecular weight excluding hydrogens is 460 g/mol. The number of piperidine rings is 3. The lowest BCUT2D eigenvalue weighted by molar-refractivity contribution is -0.151. The molecule has 0 radical (unpaired) electrons. The van der Waals surface area contributed by atoms with Gasteiger partial charge in [0.25, 0.3) is 0 Å². The maximum Gasteiger partial charge on any atom is 0.249 e. The van der Waals surface area contributed by atoms with Crippen molar-refractivity contribution in [2.75, 3.05) is 26.2 Å². The highest BCUT2D eigenvalue weighted by Crippen LogP contribution is 2.40. The van der Waals surface area contributed by atoms with Gasteiger partial charge in [0.2, 0.25) is 23.6 Å². The smallest absolute Gasteiger partial charge is 0.249 e. The van der Waals surface area contributed by atoms with Gasteiger partial charge in [-0.15, -0.1) is 0 Å². The standard InChI is InChI=1S/C27H36N4O5/c32-24-4-3-23(25(33)29-24)31-26(34)21-2-1-17(13-22(21)27(31)35)16-7-11-30(12-8-16)18-14-20(15-18)36-19-5-9-28-10-6-19/h1-2,13,16,18-23,28H,3-12,14-15H2,(H,29,32,33)/t18?,20?,21-,22-,23-/m1/s1. The number of hydrogen-bond donors (Lipinski definition) is 2. The second-order valence-electron chi connectivity index (χ2n) is 11.2. The van der Waals surface area contributed by atoms with Gasteiger partial charge in [-0.25, -0.2) is 0 Å². The van der Waals surface area contributed by atoms with Crippen molar-refractivity contribution in [3.8, 4) is 0 Å². The first-order valence-corrected chi connectivity index (χ1v) is 13.7. The zero-order valence-electron chi connectivity index (χ0n) is 20.7. The molecule has 6 rings (SSSR count). The summed E-state index contributed by atoms with van der Waals surface area (Å²) >= 11 is 0. The predicted octanol–water partition coefficient (Wildman–Crippen LogP) is 0.901. The van der Waals surface area contributed by atoms with Gasteiger partial charge in [-0.05, 0) is 82.6 Å². The molecule has 9 heteroatoms. The lowest BCUT2D eigenvalue weighted by Gasteiger charge is -2.46. The molecule has 0 bridgehead atoms. The highest BCUT2D eigenvalue weighted by Gasteiger charge is 2.51. The van der Waals surface area contributed by atoms with Gasteiger partial charge in [-0.2, -0.15) is 0 Å². The molecule has 194 valence electrons. The number of imide groups is 2. The Kier molecular flexibility index (Phi) is 6.56. The van der Waals surface area contributed by atoms with E-state index in [9.17, 15) is 19.2 Å². The molecule has 4 amide bonds. The van der Waals surface area contributed by atoms with Gasteiger partial charge < -0.3 is 15.0 Å². The average Bonchev–Trinajstić information content (AvgIpc) is 3.11. The van der Waals surface area contributed by atoms with Crippen molar-refractivity contribution >= 4 is 23.6 Å². The number of hydrogen-bond acceptors (Lipinski definition) is 7. The van der Waals surface area contributed by atoms with Crippen LogP contribution in [0.3, 0.4) is 0 Å². The molecule has 4 heterocycles. The molecule has 0 unspecified atom stereocenters. The molecule has 3 atom stereocenters. The molecule has 6 aliphatic rings. The molecule has 4 aliphatic heterocycles. The summed E-state index contributed by atoms with van der Waals surface area (Å²) in [5.74, 6) is -2.24. The number of allylic oxidation sites excluding steroid dienone is 2. The minimum absolute atomic E-state index is 0.143. The second kappa shape index (κ2) is 9.84. The van der Waals surface area contributed by atoms with Gasteiger partial charge in [0.15, 0.2) is 0 Å². The molecule has 1 saturated carbocycles. The van der Waals surface area contributed by atoms with Crippen molar-refractivity contribution in [1.82, 2.24) is 20.4 Å². The van der Waals surface area contributed by atoms with Gasteiger partial charge in [-0.3, -0.25) is 29.4 Å². The molecule has 4 saturated heterocycles. The number of carbonyl (C=O) groups is 4. The maximum absolute atomic E-state index is 13.2. The van der Waals surface area contributed by atoms with Gasteiger partial charge in [0.1, 0.15) is 6.04 Å². The number of carbonyl (C=O) groups excluding carboxylic acids is 4. The summed E-state index contributed by atoms with van der Waals surface area (Å²) in [5, 5.41) is 5.65. The molecule has 0 aromatic rings. The lowest BCUT2D eigenvalue weighted by Crippen LogP contribution is -2.54. The van der Waals surface area contributed by atoms with Crippen LogP contribution in [-0.2, 0) is 23.9 Å². The molecule has 0 spiro atoms. The van der Waals surface area contributed by atoms with Crippen molar-refractivity contribution < 1.29 is 23.9 Å². The van der Waals surface area contributed by atoms with E-state index < -0.39 is 23.8 Å². The first kappa shape index (κ1) is 24.0. The number of rotatable bonds is 5. The number of amides is 4. The largest absolute Gasteiger partial charge is 0.375 e. The normalized spacial score (nSPS) is 36.5. The van der Waals surface area contributed by atoms with Crippen molar-refractivity contribution in [2.24, 2.45) is 17.8 Å². The number of nitrogens with zero attached hydrogens (tertiary/aromatic N) is 2. The molecule has 2 aliphatic carbocycles. The number of ether oxygens (including phenoxy) is 1. The Hall–Kier alpha value is -2.36. The fourth-order valence-electron chi connectivity index (χ4n) is 6.85. The van der Waals surface area contributed by atoms with Crippen LogP contribution in [0.4, 0.5) is 0 Å². The molecule has 36 heavy (non-hydrogen) atoms. The van der Waals surface area contributed by atoms with Gasteiger partial charge in [0, 0.05) is 12.5 Å². The molecule has 0 aromatic carbocycles. The van der Waals surface area contributed by atoms with E-state index in [0.29, 0.717) is 24.2 Å². The van der Waals surface area contributed by atoms with Crippen molar-refractivity contribution in [1.29, 1.82) is 0 Å². The minimum Gasteiger partial charge on any atom is -0.375 e. The number of fused-ring (bicyclic) bond motifs is 1. The van der Waals surface area contributed by atoms with E-state index in [2.05, 4.69) is 15.5 Å². The van der Waals surface area contributed by atoms with E-state index >= 15 is 0 Å². The molecule has 0 aromatic heterocycles. The Labute approximate surface area is 211 Å². The van der Waals surface area contributed by atoms with E-state index in [-0.39, 0.29) is 30.6 Å². The van der Waals surface area contributed by atoms with Crippen LogP contribution in [0.15, 0.2) is 23.8 Å². The fourth-order valence-corrected chi connectivity index (χ4v) is 6.85. The summed E-state index contributed by atoms with van der Waals surface area (Å²) in [7, 11) is 0. The van der Waals surface area contributed by atoms with E-state index in [4.69, 9.17) is 4.74 Å². The summed E-state index contributed by atoms with van der Waals surface area (Å²) in [6.45, 7) is 4.22. The zero-order valence-corrected chi connectivity index (χ0v) is 20.7. The van der Waals surface area contributed by atoms with Gasteiger partial charge in [-0.1, -0.05) is 18.2 Å². The Morgan fingerprint density at radius 3 is 2.31 bits per heavy atom. The van der Waals surface area contributed by atoms with Crippen molar-refractivity contribution in [3.05, 3.63) is 23.8 Å². The Morgan fingerprint density at radius 1 is 0.861 bits per heavy atom. The van der Waals surface area contributed by atoms with Crippen LogP contribution in [0.5, 0.6) is 0 Å². The lowest BCUT2D eigenvalue weighted by atomic mass is 9.79. The SMILES string of the molecule is O=C1CC[C@@H](N2C(=O)[C@@H]3C=CC(C4CCN(C5CC(OC6CCNCC6)C5)CC4)=C[C@H]3C2=O)C(=O)N1. The van der Waals surface area contributed by atoms with Crippen molar-refractivity contribution in [2.45, 2.75) is 75.7 Å². The second-order valence-corrected chi connectivity index (χ2v) is 11.2. The monoisotopic (exact) mass is 496 g/mol. The predicted molar refractivity (Wildman–Crippen MR) is 130 cm³/mol. The van der Waals surface area contributed by atoms with Gasteiger partial charge in [0.05, 0.1) is 24.0 Å². The van der Waals surface area contributed by atoms with Crippen LogP contribution < -0.4 is 10.6 Å². The van der Waals surface area contributed by atoms with E-state index in [1.54, 1.807) is 0 Å². The first-order chi connectivity index (χ1) is 17.5. The maximum atomic E-state index is 13.2. The summed E-state index contributed by atoms with van der Waals surface area (Å²) < 4.78 is 6.30. The molecule has 5 fully saturated rings. The van der Waals surface area contributed by atoms with Crippen LogP contribution in [-0.4, -0.2) is 83.9 Å². The topological polar surface area (TPSA) is 108 Å². The highest BCUT2D eigenvalue weighted by atomic mass is 16.5. The van der Waals surface area contributed by atoms with Crippen LogP contribution >= 0.6 is 0 Å². The average molecular weight is 497 g/mol. The zero-order chi connectivity index (χ0) is 24.8. The van der Waals surface area contributed by atoms with E-state index in [1.165, 1.54) is 0 Å². The third-order valence-electron chi connectivity index (χ3n) is 9.08. The number of nitrogens with one attached hydrogen (secondary N) is 2. The number of likely N-dealkylation sites (tertiary alicyclic amines) is 2. The van der Waals surface area contributed by atoms with Crippen LogP contribution in [0.25, 0.3) is 0 Å². The highest BCUT2D eigenvalue weighted by molar-refractivity contribution is 6.12. The first-order valence-electron chi connectivity index (χ1n) is 13.7. The van der Waals surface area contributed by atoms with E-state index in [1.807, 2.05) is 18.2 Å².